The lowest BCUT2D eigenvalue weighted by atomic mass is 9.80. The Bertz CT molecular complexity index is 618. The number of pyridine rings is 1. The third-order valence-corrected chi connectivity index (χ3v) is 4.47. The van der Waals surface area contributed by atoms with Crippen LogP contribution in [0.3, 0.4) is 0 Å². The predicted octanol–water partition coefficient (Wildman–Crippen LogP) is 3.52. The summed E-state index contributed by atoms with van der Waals surface area (Å²) >= 11 is 0. The fourth-order valence-electron chi connectivity index (χ4n) is 3.61. The van der Waals surface area contributed by atoms with Gasteiger partial charge in [0.2, 0.25) is 0 Å². The molecule has 1 aromatic heterocycles. The van der Waals surface area contributed by atoms with E-state index in [1.165, 1.54) is 47.3 Å². The Morgan fingerprint density at radius 2 is 2.11 bits per heavy atom. The highest BCUT2D eigenvalue weighted by molar-refractivity contribution is 5.60. The van der Waals surface area contributed by atoms with E-state index in [0.717, 1.165) is 13.0 Å². The third kappa shape index (κ3) is 1.74. The van der Waals surface area contributed by atoms with Crippen molar-refractivity contribution in [2.24, 2.45) is 0 Å². The van der Waals surface area contributed by atoms with Crippen LogP contribution in [0, 0.1) is 0 Å². The summed E-state index contributed by atoms with van der Waals surface area (Å²) in [6.07, 6.45) is 6.80. The zero-order valence-electron chi connectivity index (χ0n) is 11.0. The lowest BCUT2D eigenvalue weighted by molar-refractivity contribution is 0.596. The minimum Gasteiger partial charge on any atom is -0.384 e. The number of hydrogen-bond acceptors (Lipinski definition) is 2. The summed E-state index contributed by atoms with van der Waals surface area (Å²) in [7, 11) is 0. The van der Waals surface area contributed by atoms with Crippen molar-refractivity contribution in [1.29, 1.82) is 0 Å². The van der Waals surface area contributed by atoms with Gasteiger partial charge in [0, 0.05) is 24.3 Å². The van der Waals surface area contributed by atoms with E-state index in [9.17, 15) is 0 Å². The van der Waals surface area contributed by atoms with Crippen molar-refractivity contribution in [3.8, 4) is 0 Å². The molecule has 2 aromatic rings. The van der Waals surface area contributed by atoms with Crippen LogP contribution in [0.1, 0.15) is 41.1 Å². The number of fused-ring (bicyclic) bond motifs is 2. The summed E-state index contributed by atoms with van der Waals surface area (Å²) in [5, 5.41) is 3.48. The van der Waals surface area contributed by atoms with Crippen LogP contribution in [-0.2, 0) is 12.8 Å². The molecule has 0 bridgehead atoms. The largest absolute Gasteiger partial charge is 0.384 e. The molecule has 19 heavy (non-hydrogen) atoms. The Morgan fingerprint density at radius 3 is 3.11 bits per heavy atom. The van der Waals surface area contributed by atoms with Crippen LogP contribution < -0.4 is 5.32 Å². The first kappa shape index (κ1) is 11.0. The maximum atomic E-state index is 4.68. The van der Waals surface area contributed by atoms with Crippen molar-refractivity contribution in [3.05, 3.63) is 58.9 Å². The van der Waals surface area contributed by atoms with Crippen LogP contribution in [0.25, 0.3) is 0 Å². The van der Waals surface area contributed by atoms with Crippen molar-refractivity contribution < 1.29 is 0 Å². The van der Waals surface area contributed by atoms with Gasteiger partial charge in [-0.3, -0.25) is 4.98 Å². The van der Waals surface area contributed by atoms with Gasteiger partial charge >= 0.3 is 0 Å². The van der Waals surface area contributed by atoms with E-state index < -0.39 is 0 Å². The van der Waals surface area contributed by atoms with Crippen molar-refractivity contribution >= 4 is 5.69 Å². The first-order valence-corrected chi connectivity index (χ1v) is 7.23. The molecule has 0 radical (unpaired) electrons. The quantitative estimate of drug-likeness (QED) is 0.837. The van der Waals surface area contributed by atoms with E-state index in [1.54, 1.807) is 0 Å². The Balaban J connectivity index is 1.84. The lowest BCUT2D eigenvalue weighted by Crippen LogP contribution is -2.14. The number of aryl methyl sites for hydroxylation is 1. The second-order valence-corrected chi connectivity index (χ2v) is 5.54. The highest BCUT2D eigenvalue weighted by atomic mass is 14.9. The average molecular weight is 250 g/mol. The topological polar surface area (TPSA) is 24.9 Å². The van der Waals surface area contributed by atoms with E-state index >= 15 is 0 Å². The van der Waals surface area contributed by atoms with Gasteiger partial charge in [-0.05, 0) is 54.5 Å². The molecule has 1 unspecified atom stereocenters. The second kappa shape index (κ2) is 4.37. The van der Waals surface area contributed by atoms with Crippen LogP contribution in [-0.4, -0.2) is 11.5 Å². The maximum Gasteiger partial charge on any atom is 0.0510 e. The minimum atomic E-state index is 0.500. The first-order valence-electron chi connectivity index (χ1n) is 7.23. The van der Waals surface area contributed by atoms with Crippen molar-refractivity contribution in [3.63, 3.8) is 0 Å². The number of nitrogens with zero attached hydrogens (tertiary/aromatic N) is 1. The van der Waals surface area contributed by atoms with Crippen molar-refractivity contribution in [2.75, 3.05) is 11.9 Å². The molecule has 96 valence electrons. The zero-order valence-corrected chi connectivity index (χ0v) is 11.0. The fraction of sp³-hybridized carbons (Fsp3) is 0.353. The van der Waals surface area contributed by atoms with Gasteiger partial charge in [0.05, 0.1) is 5.69 Å². The number of hydrogen-bond donors (Lipinski definition) is 1. The Labute approximate surface area is 113 Å². The molecule has 1 aliphatic heterocycles. The Morgan fingerprint density at radius 1 is 1.11 bits per heavy atom. The Hall–Kier alpha value is -1.83. The minimum absolute atomic E-state index is 0.500. The summed E-state index contributed by atoms with van der Waals surface area (Å²) in [5.74, 6) is 0.500. The highest BCUT2D eigenvalue weighted by Gasteiger charge is 2.26. The molecule has 1 aliphatic carbocycles. The second-order valence-electron chi connectivity index (χ2n) is 5.54. The van der Waals surface area contributed by atoms with E-state index in [2.05, 4.69) is 40.6 Å². The van der Waals surface area contributed by atoms with Gasteiger partial charge in [-0.15, -0.1) is 0 Å². The van der Waals surface area contributed by atoms with Gasteiger partial charge in [0.1, 0.15) is 0 Å². The fourth-order valence-corrected chi connectivity index (χ4v) is 3.61. The van der Waals surface area contributed by atoms with Crippen LogP contribution in [0.4, 0.5) is 5.69 Å². The molecular formula is C17H18N2. The van der Waals surface area contributed by atoms with Gasteiger partial charge in [-0.1, -0.05) is 18.2 Å². The summed E-state index contributed by atoms with van der Waals surface area (Å²) in [6, 6.07) is 11.0. The van der Waals surface area contributed by atoms with Crippen LogP contribution in [0.15, 0.2) is 36.5 Å². The maximum absolute atomic E-state index is 4.68. The molecule has 0 spiro atoms. The molecule has 2 nitrogen and oxygen atoms in total. The number of rotatable bonds is 1. The first-order chi connectivity index (χ1) is 9.43. The molecule has 1 aromatic carbocycles. The molecule has 2 heterocycles. The zero-order chi connectivity index (χ0) is 12.7. The van der Waals surface area contributed by atoms with E-state index in [4.69, 9.17) is 0 Å². The van der Waals surface area contributed by atoms with Crippen molar-refractivity contribution in [2.45, 2.75) is 31.6 Å². The highest BCUT2D eigenvalue weighted by Crippen LogP contribution is 2.39. The standard InChI is InChI=1S/C17H18N2/c1-4-12-5-3-10-19-17(12)15(7-1)13-6-2-8-16-14(13)9-11-18-16/h2-3,5-6,8,10,15,18H,1,4,7,9,11H2. The van der Waals surface area contributed by atoms with Crippen LogP contribution >= 0.6 is 0 Å². The molecule has 0 saturated heterocycles. The molecule has 2 heteroatoms. The lowest BCUT2D eigenvalue weighted by Gasteiger charge is -2.26. The molecule has 1 atom stereocenters. The number of aromatic nitrogens is 1. The Kier molecular flexibility index (Phi) is 2.54. The van der Waals surface area contributed by atoms with E-state index in [-0.39, 0.29) is 0 Å². The smallest absolute Gasteiger partial charge is 0.0510 e. The summed E-state index contributed by atoms with van der Waals surface area (Å²) in [4.78, 5) is 4.68. The number of anilines is 1. The van der Waals surface area contributed by atoms with Gasteiger partial charge < -0.3 is 5.32 Å². The van der Waals surface area contributed by atoms with E-state index in [0.29, 0.717) is 5.92 Å². The van der Waals surface area contributed by atoms with Gasteiger partial charge in [-0.25, -0.2) is 0 Å². The van der Waals surface area contributed by atoms with Crippen LogP contribution in [0.5, 0.6) is 0 Å². The SMILES string of the molecule is c1cnc2c(c1)CCCC2c1cccc2c1CCN2. The summed E-state index contributed by atoms with van der Waals surface area (Å²) in [5.41, 5.74) is 7.12. The molecule has 0 amide bonds. The molecule has 1 N–H and O–H groups in total. The normalized spacial score (nSPS) is 20.5. The molecular weight excluding hydrogens is 232 g/mol. The predicted molar refractivity (Wildman–Crippen MR) is 77.7 cm³/mol. The van der Waals surface area contributed by atoms with Gasteiger partial charge in [-0.2, -0.15) is 0 Å². The van der Waals surface area contributed by atoms with Crippen LogP contribution in [0.2, 0.25) is 0 Å². The number of nitrogens with one attached hydrogen (secondary N) is 1. The third-order valence-electron chi connectivity index (χ3n) is 4.47. The van der Waals surface area contributed by atoms with E-state index in [1.807, 2.05) is 6.20 Å². The van der Waals surface area contributed by atoms with Gasteiger partial charge in [0.25, 0.3) is 0 Å². The summed E-state index contributed by atoms with van der Waals surface area (Å²) in [6.45, 7) is 1.08. The average Bonchev–Trinajstić information content (AvgIpc) is 2.95. The number of benzene rings is 1. The molecule has 2 aliphatic rings. The monoisotopic (exact) mass is 250 g/mol. The van der Waals surface area contributed by atoms with Gasteiger partial charge in [0.15, 0.2) is 0 Å². The van der Waals surface area contributed by atoms with Crippen molar-refractivity contribution in [1.82, 2.24) is 4.98 Å². The molecule has 0 saturated carbocycles. The molecule has 0 fully saturated rings. The summed E-state index contributed by atoms with van der Waals surface area (Å²) < 4.78 is 0. The molecule has 4 rings (SSSR count).